The average molecular weight is 514 g/mol. The van der Waals surface area contributed by atoms with Crippen molar-refractivity contribution in [2.24, 2.45) is 0 Å². The van der Waals surface area contributed by atoms with Crippen LogP contribution in [-0.4, -0.2) is 40.2 Å². The monoisotopic (exact) mass is 513 g/mol. The number of aromatic nitrogens is 2. The Morgan fingerprint density at radius 1 is 1.11 bits per heavy atom. The molecule has 0 fully saturated rings. The van der Waals surface area contributed by atoms with Crippen molar-refractivity contribution >= 4 is 34.3 Å². The van der Waals surface area contributed by atoms with Crippen LogP contribution in [0.5, 0.6) is 0 Å². The van der Waals surface area contributed by atoms with Gasteiger partial charge in [-0.15, -0.1) is 0 Å². The summed E-state index contributed by atoms with van der Waals surface area (Å²) in [6.07, 6.45) is 2.08. The minimum absolute atomic E-state index is 0.342. The highest BCUT2D eigenvalue weighted by Gasteiger charge is 2.20. The molecule has 0 aliphatic carbocycles. The van der Waals surface area contributed by atoms with E-state index in [1.165, 1.54) is 17.2 Å². The molecule has 0 unspecified atom stereocenters. The van der Waals surface area contributed by atoms with E-state index < -0.39 is 11.7 Å². The van der Waals surface area contributed by atoms with E-state index in [1.807, 2.05) is 19.1 Å². The SMILES string of the molecule is Cc1cccc(F)c1-c1ccc(NC(=O)OC(C)(C)C)c2cnc(Nc3ccc4c(c3)CN(C)CC4)nc12. The van der Waals surface area contributed by atoms with Gasteiger partial charge in [-0.1, -0.05) is 18.2 Å². The molecule has 0 radical (unpaired) electrons. The first-order valence-electron chi connectivity index (χ1n) is 12.7. The summed E-state index contributed by atoms with van der Waals surface area (Å²) in [6.45, 7) is 9.20. The van der Waals surface area contributed by atoms with Crippen molar-refractivity contribution in [3.63, 3.8) is 0 Å². The highest BCUT2D eigenvalue weighted by Crippen LogP contribution is 2.36. The number of fused-ring (bicyclic) bond motifs is 2. The molecule has 0 saturated carbocycles. The topological polar surface area (TPSA) is 79.4 Å². The molecular weight excluding hydrogens is 481 g/mol. The quantitative estimate of drug-likeness (QED) is 0.312. The number of halogens is 1. The Bertz CT molecular complexity index is 1510. The molecule has 0 atom stereocenters. The number of hydrogen-bond acceptors (Lipinski definition) is 6. The number of amides is 1. The minimum Gasteiger partial charge on any atom is -0.444 e. The van der Waals surface area contributed by atoms with E-state index in [4.69, 9.17) is 9.72 Å². The molecule has 0 bridgehead atoms. The molecular formula is C30H32FN5O2. The summed E-state index contributed by atoms with van der Waals surface area (Å²) in [4.78, 5) is 24.2. The lowest BCUT2D eigenvalue weighted by molar-refractivity contribution is 0.0636. The van der Waals surface area contributed by atoms with Crippen LogP contribution < -0.4 is 10.6 Å². The molecule has 1 aliphatic heterocycles. The molecule has 3 aromatic carbocycles. The number of ether oxygens (including phenoxy) is 1. The van der Waals surface area contributed by atoms with Gasteiger partial charge in [0, 0.05) is 41.5 Å². The summed E-state index contributed by atoms with van der Waals surface area (Å²) in [7, 11) is 2.12. The van der Waals surface area contributed by atoms with Crippen LogP contribution in [0.2, 0.25) is 0 Å². The highest BCUT2D eigenvalue weighted by atomic mass is 19.1. The molecule has 7 nitrogen and oxygen atoms in total. The molecule has 1 aliphatic rings. The molecule has 0 spiro atoms. The number of likely N-dealkylation sites (N-methyl/N-ethyl adjacent to an activating group) is 1. The van der Waals surface area contributed by atoms with Gasteiger partial charge in [-0.05, 0) is 88.2 Å². The van der Waals surface area contributed by atoms with E-state index in [9.17, 15) is 4.79 Å². The van der Waals surface area contributed by atoms with Crippen molar-refractivity contribution in [1.82, 2.24) is 14.9 Å². The number of hydrogen-bond donors (Lipinski definition) is 2. The normalized spacial score (nSPS) is 13.7. The average Bonchev–Trinajstić information content (AvgIpc) is 2.83. The van der Waals surface area contributed by atoms with Crippen molar-refractivity contribution < 1.29 is 13.9 Å². The first kappa shape index (κ1) is 25.6. The van der Waals surface area contributed by atoms with Gasteiger partial charge in [-0.25, -0.2) is 19.2 Å². The predicted octanol–water partition coefficient (Wildman–Crippen LogP) is 6.82. The first-order chi connectivity index (χ1) is 18.1. The summed E-state index contributed by atoms with van der Waals surface area (Å²) < 4.78 is 20.5. The molecule has 1 amide bonds. The lowest BCUT2D eigenvalue weighted by atomic mass is 9.97. The Hall–Kier alpha value is -4.04. The number of anilines is 3. The molecule has 1 aromatic heterocycles. The Morgan fingerprint density at radius 2 is 1.92 bits per heavy atom. The van der Waals surface area contributed by atoms with Gasteiger partial charge in [0.25, 0.3) is 0 Å². The highest BCUT2D eigenvalue weighted by molar-refractivity contribution is 6.05. The van der Waals surface area contributed by atoms with Gasteiger partial charge in [-0.3, -0.25) is 5.32 Å². The fourth-order valence-electron chi connectivity index (χ4n) is 4.78. The number of benzene rings is 3. The Kier molecular flexibility index (Phi) is 6.75. The fourth-order valence-corrected chi connectivity index (χ4v) is 4.78. The van der Waals surface area contributed by atoms with Crippen LogP contribution in [-0.2, 0) is 17.7 Å². The number of carbonyl (C=O) groups is 1. The zero-order valence-corrected chi connectivity index (χ0v) is 22.4. The number of nitrogens with one attached hydrogen (secondary N) is 2. The largest absolute Gasteiger partial charge is 0.444 e. The van der Waals surface area contributed by atoms with Crippen LogP contribution in [0.1, 0.15) is 37.5 Å². The molecule has 196 valence electrons. The van der Waals surface area contributed by atoms with Crippen LogP contribution in [0.3, 0.4) is 0 Å². The van der Waals surface area contributed by atoms with Crippen LogP contribution in [0.25, 0.3) is 22.0 Å². The molecule has 38 heavy (non-hydrogen) atoms. The third kappa shape index (κ3) is 5.45. The number of carbonyl (C=O) groups excluding carboxylic acids is 1. The van der Waals surface area contributed by atoms with Gasteiger partial charge in [0.2, 0.25) is 5.95 Å². The van der Waals surface area contributed by atoms with E-state index in [1.54, 1.807) is 45.2 Å². The second-order valence-corrected chi connectivity index (χ2v) is 10.8. The Morgan fingerprint density at radius 3 is 2.68 bits per heavy atom. The van der Waals surface area contributed by atoms with Gasteiger partial charge < -0.3 is 15.0 Å². The molecule has 2 heterocycles. The minimum atomic E-state index is -0.651. The molecule has 8 heteroatoms. The van der Waals surface area contributed by atoms with Crippen molar-refractivity contribution in [2.45, 2.75) is 46.3 Å². The third-order valence-electron chi connectivity index (χ3n) is 6.54. The van der Waals surface area contributed by atoms with E-state index in [-0.39, 0.29) is 5.82 Å². The standard InChI is InChI=1S/C30H32FN5O2/c1-18-7-6-8-24(31)26(18)22-11-12-25(34-29(37)38-30(2,3)4)23-16-32-28(35-27(22)23)33-21-10-9-19-13-14-36(5)17-20(19)15-21/h6-12,15-16H,13-14,17H2,1-5H3,(H,34,37)(H,32,33,35). The van der Waals surface area contributed by atoms with E-state index in [2.05, 4.69) is 39.7 Å². The van der Waals surface area contributed by atoms with Crippen molar-refractivity contribution in [3.05, 3.63) is 77.2 Å². The summed E-state index contributed by atoms with van der Waals surface area (Å²) in [6, 6.07) is 14.8. The predicted molar refractivity (Wildman–Crippen MR) is 149 cm³/mol. The third-order valence-corrected chi connectivity index (χ3v) is 6.54. The summed E-state index contributed by atoms with van der Waals surface area (Å²) >= 11 is 0. The zero-order chi connectivity index (χ0) is 27.0. The fraction of sp³-hybridized carbons (Fsp3) is 0.300. The van der Waals surface area contributed by atoms with E-state index in [0.717, 1.165) is 30.8 Å². The Labute approximate surface area is 222 Å². The van der Waals surface area contributed by atoms with Gasteiger partial charge in [0.05, 0.1) is 11.2 Å². The van der Waals surface area contributed by atoms with Gasteiger partial charge >= 0.3 is 6.09 Å². The van der Waals surface area contributed by atoms with Gasteiger partial charge in [0.1, 0.15) is 11.4 Å². The molecule has 0 saturated heterocycles. The number of aryl methyl sites for hydroxylation is 1. The van der Waals surface area contributed by atoms with Gasteiger partial charge in [-0.2, -0.15) is 0 Å². The summed E-state index contributed by atoms with van der Waals surface area (Å²) in [5.74, 6) is 0.0392. The van der Waals surface area contributed by atoms with Crippen LogP contribution in [0, 0.1) is 12.7 Å². The maximum atomic E-state index is 15.0. The summed E-state index contributed by atoms with van der Waals surface area (Å²) in [5, 5.41) is 6.69. The Balaban J connectivity index is 1.57. The van der Waals surface area contributed by atoms with Crippen LogP contribution in [0.4, 0.5) is 26.5 Å². The second kappa shape index (κ2) is 10.0. The van der Waals surface area contributed by atoms with Crippen molar-refractivity contribution in [1.29, 1.82) is 0 Å². The maximum Gasteiger partial charge on any atom is 0.412 e. The smallest absolute Gasteiger partial charge is 0.412 e. The first-order valence-corrected chi connectivity index (χ1v) is 12.7. The second-order valence-electron chi connectivity index (χ2n) is 10.8. The maximum absolute atomic E-state index is 15.0. The number of rotatable bonds is 4. The van der Waals surface area contributed by atoms with Crippen molar-refractivity contribution in [2.75, 3.05) is 24.2 Å². The molecule has 4 aromatic rings. The van der Waals surface area contributed by atoms with Crippen LogP contribution in [0.15, 0.2) is 54.7 Å². The van der Waals surface area contributed by atoms with E-state index in [0.29, 0.717) is 33.7 Å². The van der Waals surface area contributed by atoms with Crippen molar-refractivity contribution in [3.8, 4) is 11.1 Å². The lowest BCUT2D eigenvalue weighted by Crippen LogP contribution is -2.27. The van der Waals surface area contributed by atoms with Gasteiger partial charge in [0.15, 0.2) is 0 Å². The van der Waals surface area contributed by atoms with E-state index >= 15 is 4.39 Å². The molecule has 2 N–H and O–H groups in total. The van der Waals surface area contributed by atoms with Crippen LogP contribution >= 0.6 is 0 Å². The number of nitrogens with zero attached hydrogens (tertiary/aromatic N) is 3. The molecule has 5 rings (SSSR count). The lowest BCUT2D eigenvalue weighted by Gasteiger charge is -2.25. The summed E-state index contributed by atoms with van der Waals surface area (Å²) in [5.41, 5.74) is 5.71. The zero-order valence-electron chi connectivity index (χ0n) is 22.4.